The average molecular weight is 349 g/mol. The molecule has 0 spiro atoms. The van der Waals surface area contributed by atoms with E-state index in [9.17, 15) is 19.5 Å². The van der Waals surface area contributed by atoms with E-state index in [0.29, 0.717) is 23.4 Å². The van der Waals surface area contributed by atoms with Gasteiger partial charge in [0.25, 0.3) is 5.56 Å². The van der Waals surface area contributed by atoms with Crippen LogP contribution in [0.5, 0.6) is 5.75 Å². The first-order chi connectivity index (χ1) is 11.3. The molecule has 1 heterocycles. The Balaban J connectivity index is 2.34. The number of halogens is 1. The van der Waals surface area contributed by atoms with E-state index in [-0.39, 0.29) is 17.1 Å². The van der Waals surface area contributed by atoms with Crippen LogP contribution >= 0.6 is 11.6 Å². The molecule has 0 bridgehead atoms. The van der Waals surface area contributed by atoms with Gasteiger partial charge in [0.05, 0.1) is 5.56 Å². The zero-order valence-corrected chi connectivity index (χ0v) is 14.1. The third-order valence-electron chi connectivity index (χ3n) is 3.62. The lowest BCUT2D eigenvalue weighted by atomic mass is 10.0. The minimum Gasteiger partial charge on any atom is -0.508 e. The zero-order valence-electron chi connectivity index (χ0n) is 13.3. The minimum absolute atomic E-state index is 0.0862. The SMILES string of the molecule is Cn1cc(C=CC(=O)c2ccc(O)c(CCCl)c2)c(=O)n(C)c1=O. The van der Waals surface area contributed by atoms with Gasteiger partial charge in [-0.15, -0.1) is 11.6 Å². The van der Waals surface area contributed by atoms with E-state index >= 15 is 0 Å². The van der Waals surface area contributed by atoms with Gasteiger partial charge in [0.2, 0.25) is 0 Å². The zero-order chi connectivity index (χ0) is 17.9. The number of allylic oxidation sites excluding steroid dienone is 1. The Labute approximate surface area is 143 Å². The number of aromatic nitrogens is 2. The van der Waals surface area contributed by atoms with Crippen molar-refractivity contribution < 1.29 is 9.90 Å². The maximum absolute atomic E-state index is 12.3. The highest BCUT2D eigenvalue weighted by molar-refractivity contribution is 6.18. The highest BCUT2D eigenvalue weighted by atomic mass is 35.5. The number of phenolic OH excluding ortho intramolecular Hbond substituents is 1. The third kappa shape index (κ3) is 3.65. The number of aryl methyl sites for hydroxylation is 2. The number of ketones is 1. The maximum atomic E-state index is 12.3. The fourth-order valence-electron chi connectivity index (χ4n) is 2.25. The standard InChI is InChI=1S/C17H17ClN2O4/c1-19-10-13(16(23)20(2)17(19)24)4-6-14(21)11-3-5-15(22)12(9-11)7-8-18/h3-6,9-10,22H,7-8H2,1-2H3. The van der Waals surface area contributed by atoms with E-state index in [1.165, 1.54) is 49.1 Å². The molecule has 0 amide bonds. The summed E-state index contributed by atoms with van der Waals surface area (Å²) >= 11 is 5.67. The number of carbonyl (C=O) groups excluding carboxylic acids is 1. The van der Waals surface area contributed by atoms with Crippen LogP contribution in [0.4, 0.5) is 0 Å². The first kappa shape index (κ1) is 17.7. The molecule has 2 rings (SSSR count). The van der Waals surface area contributed by atoms with Crippen LogP contribution in [0.1, 0.15) is 21.5 Å². The topological polar surface area (TPSA) is 81.3 Å². The van der Waals surface area contributed by atoms with E-state index in [0.717, 1.165) is 4.57 Å². The van der Waals surface area contributed by atoms with Crippen LogP contribution in [0, 0.1) is 0 Å². The predicted molar refractivity (Wildman–Crippen MR) is 92.8 cm³/mol. The van der Waals surface area contributed by atoms with Gasteiger partial charge >= 0.3 is 5.69 Å². The quantitative estimate of drug-likeness (QED) is 0.504. The molecule has 0 atom stereocenters. The molecule has 0 radical (unpaired) electrons. The number of aromatic hydroxyl groups is 1. The Morgan fingerprint density at radius 2 is 2.00 bits per heavy atom. The molecule has 0 saturated carbocycles. The lowest BCUT2D eigenvalue weighted by Gasteiger charge is -2.05. The number of alkyl halides is 1. The van der Waals surface area contributed by atoms with Gasteiger partial charge in [-0.25, -0.2) is 4.79 Å². The van der Waals surface area contributed by atoms with Crippen molar-refractivity contribution in [1.82, 2.24) is 9.13 Å². The fourth-order valence-corrected chi connectivity index (χ4v) is 2.46. The molecule has 1 N–H and O–H groups in total. The van der Waals surface area contributed by atoms with E-state index in [4.69, 9.17) is 11.6 Å². The molecule has 2 aromatic rings. The summed E-state index contributed by atoms with van der Waals surface area (Å²) in [6.45, 7) is 0. The number of carbonyl (C=O) groups is 1. The molecule has 126 valence electrons. The van der Waals surface area contributed by atoms with Crippen LogP contribution in [-0.2, 0) is 20.5 Å². The molecule has 1 aromatic heterocycles. The van der Waals surface area contributed by atoms with Crippen molar-refractivity contribution >= 4 is 23.5 Å². The number of hydrogen-bond acceptors (Lipinski definition) is 4. The molecule has 0 unspecified atom stereocenters. The molecule has 0 aliphatic heterocycles. The van der Waals surface area contributed by atoms with E-state index < -0.39 is 11.2 Å². The number of nitrogens with zero attached hydrogens (tertiary/aromatic N) is 2. The summed E-state index contributed by atoms with van der Waals surface area (Å²) in [5.41, 5.74) is 0.282. The first-order valence-corrected chi connectivity index (χ1v) is 7.75. The Hall–Kier alpha value is -2.60. The van der Waals surface area contributed by atoms with Gasteiger partial charge in [0.1, 0.15) is 5.75 Å². The summed E-state index contributed by atoms with van der Waals surface area (Å²) in [6.07, 6.45) is 4.46. The Kier molecular flexibility index (Phi) is 5.41. The van der Waals surface area contributed by atoms with Crippen LogP contribution in [0.2, 0.25) is 0 Å². The van der Waals surface area contributed by atoms with Crippen molar-refractivity contribution in [1.29, 1.82) is 0 Å². The number of benzene rings is 1. The second-order valence-corrected chi connectivity index (χ2v) is 5.70. The lowest BCUT2D eigenvalue weighted by molar-refractivity contribution is 0.104. The molecule has 6 nitrogen and oxygen atoms in total. The molecule has 7 heteroatoms. The molecule has 24 heavy (non-hydrogen) atoms. The molecule has 1 aromatic carbocycles. The van der Waals surface area contributed by atoms with Gasteiger partial charge in [-0.2, -0.15) is 0 Å². The second kappa shape index (κ2) is 7.31. The van der Waals surface area contributed by atoms with E-state index in [1.54, 1.807) is 6.07 Å². The highest BCUT2D eigenvalue weighted by Crippen LogP contribution is 2.20. The Morgan fingerprint density at radius 3 is 2.67 bits per heavy atom. The monoisotopic (exact) mass is 348 g/mol. The van der Waals surface area contributed by atoms with Crippen LogP contribution < -0.4 is 11.2 Å². The van der Waals surface area contributed by atoms with Crippen LogP contribution in [0.15, 0.2) is 40.1 Å². The fraction of sp³-hybridized carbons (Fsp3) is 0.235. The van der Waals surface area contributed by atoms with Gasteiger partial charge in [-0.1, -0.05) is 0 Å². The van der Waals surface area contributed by atoms with Gasteiger partial charge in [0, 0.05) is 31.7 Å². The molecular formula is C17H17ClN2O4. The van der Waals surface area contributed by atoms with Gasteiger partial charge in [-0.3, -0.25) is 14.2 Å². The smallest absolute Gasteiger partial charge is 0.330 e. The van der Waals surface area contributed by atoms with E-state index in [2.05, 4.69) is 0 Å². The van der Waals surface area contributed by atoms with Gasteiger partial charge in [0.15, 0.2) is 5.78 Å². The summed E-state index contributed by atoms with van der Waals surface area (Å²) < 4.78 is 2.24. The maximum Gasteiger partial charge on any atom is 0.330 e. The predicted octanol–water partition coefficient (Wildman–Crippen LogP) is 1.47. The van der Waals surface area contributed by atoms with Crippen molar-refractivity contribution in [3.8, 4) is 5.75 Å². The van der Waals surface area contributed by atoms with E-state index in [1.807, 2.05) is 0 Å². The van der Waals surface area contributed by atoms with Gasteiger partial charge < -0.3 is 9.67 Å². The summed E-state index contributed by atoms with van der Waals surface area (Å²) in [5.74, 6) is 0.0969. The average Bonchev–Trinajstić information content (AvgIpc) is 2.57. The summed E-state index contributed by atoms with van der Waals surface area (Å²) in [5, 5.41) is 9.71. The van der Waals surface area contributed by atoms with Crippen molar-refractivity contribution in [2.75, 3.05) is 5.88 Å². The number of phenols is 1. The van der Waals surface area contributed by atoms with Crippen LogP contribution in [0.3, 0.4) is 0 Å². The second-order valence-electron chi connectivity index (χ2n) is 5.32. The normalized spacial score (nSPS) is 11.1. The van der Waals surface area contributed by atoms with Crippen molar-refractivity contribution in [3.63, 3.8) is 0 Å². The first-order valence-electron chi connectivity index (χ1n) is 7.22. The molecule has 0 saturated heterocycles. The number of hydrogen-bond donors (Lipinski definition) is 1. The largest absolute Gasteiger partial charge is 0.508 e. The highest BCUT2D eigenvalue weighted by Gasteiger charge is 2.08. The van der Waals surface area contributed by atoms with Crippen molar-refractivity contribution in [3.05, 3.63) is 68.0 Å². The van der Waals surface area contributed by atoms with Crippen molar-refractivity contribution in [2.24, 2.45) is 14.1 Å². The van der Waals surface area contributed by atoms with Crippen molar-refractivity contribution in [2.45, 2.75) is 6.42 Å². The molecule has 0 aliphatic carbocycles. The summed E-state index contributed by atoms with van der Waals surface area (Å²) in [7, 11) is 2.90. The number of rotatable bonds is 5. The minimum atomic E-state index is -0.476. The Bertz CT molecular complexity index is 925. The van der Waals surface area contributed by atoms with Gasteiger partial charge in [-0.05, 0) is 42.3 Å². The summed E-state index contributed by atoms with van der Waals surface area (Å²) in [6, 6.07) is 4.51. The Morgan fingerprint density at radius 1 is 1.29 bits per heavy atom. The third-order valence-corrected chi connectivity index (χ3v) is 3.80. The molecular weight excluding hydrogens is 332 g/mol. The van der Waals surface area contributed by atoms with Crippen LogP contribution in [0.25, 0.3) is 6.08 Å². The van der Waals surface area contributed by atoms with Crippen LogP contribution in [-0.4, -0.2) is 25.9 Å². The molecule has 0 fully saturated rings. The molecule has 0 aliphatic rings. The lowest BCUT2D eigenvalue weighted by Crippen LogP contribution is -2.37. The summed E-state index contributed by atoms with van der Waals surface area (Å²) in [4.78, 5) is 35.9.